The lowest BCUT2D eigenvalue weighted by Gasteiger charge is -2.53. The first kappa shape index (κ1) is 12.9. The van der Waals surface area contributed by atoms with Gasteiger partial charge in [0, 0.05) is 35.9 Å². The normalized spacial score (nSPS) is 41.9. The van der Waals surface area contributed by atoms with Crippen LogP contribution in [0.3, 0.4) is 0 Å². The minimum Gasteiger partial charge on any atom is -0.458 e. The van der Waals surface area contributed by atoms with Crippen LogP contribution in [0.15, 0.2) is 11.1 Å². The number of esters is 1. The predicted molar refractivity (Wildman–Crippen MR) is 68.2 cm³/mol. The molecule has 1 fully saturated rings. The second-order valence-electron chi connectivity index (χ2n) is 6.75. The smallest absolute Gasteiger partial charge is 0.334 e. The number of carbonyl (C=O) groups is 2. The first-order chi connectivity index (χ1) is 8.90. The fourth-order valence-electron chi connectivity index (χ4n) is 4.57. The van der Waals surface area contributed by atoms with Crippen molar-refractivity contribution < 1.29 is 19.4 Å². The van der Waals surface area contributed by atoms with Gasteiger partial charge in [-0.3, -0.25) is 4.79 Å². The maximum atomic E-state index is 12.1. The third-order valence-corrected chi connectivity index (χ3v) is 5.47. The molecule has 3 aliphatic rings. The summed E-state index contributed by atoms with van der Waals surface area (Å²) in [7, 11) is 0. The number of carbonyl (C=O) groups excluding carboxylic acids is 2. The van der Waals surface area contributed by atoms with Gasteiger partial charge >= 0.3 is 5.97 Å². The molecule has 0 aromatic heterocycles. The zero-order chi connectivity index (χ0) is 13.8. The Bertz CT molecular complexity index is 492. The van der Waals surface area contributed by atoms with Crippen LogP contribution >= 0.6 is 0 Å². The van der Waals surface area contributed by atoms with Crippen molar-refractivity contribution in [3.63, 3.8) is 0 Å². The van der Waals surface area contributed by atoms with Crippen molar-refractivity contribution in [3.05, 3.63) is 11.1 Å². The van der Waals surface area contributed by atoms with Crippen LogP contribution in [0.25, 0.3) is 0 Å². The Hall–Kier alpha value is -1.16. The maximum absolute atomic E-state index is 12.1. The number of rotatable bonds is 1. The van der Waals surface area contributed by atoms with E-state index in [1.165, 1.54) is 0 Å². The molecular formula is C15H20O4. The van der Waals surface area contributed by atoms with Crippen molar-refractivity contribution in [2.45, 2.75) is 39.5 Å². The van der Waals surface area contributed by atoms with Crippen LogP contribution in [-0.4, -0.2) is 30.1 Å². The summed E-state index contributed by atoms with van der Waals surface area (Å²) in [4.78, 5) is 23.8. The van der Waals surface area contributed by atoms with E-state index in [1.54, 1.807) is 0 Å². The van der Waals surface area contributed by atoms with Gasteiger partial charge in [-0.2, -0.15) is 0 Å². The highest BCUT2D eigenvalue weighted by Crippen LogP contribution is 2.59. The molecule has 19 heavy (non-hydrogen) atoms. The third-order valence-electron chi connectivity index (χ3n) is 5.47. The molecule has 0 aromatic carbocycles. The van der Waals surface area contributed by atoms with E-state index < -0.39 is 0 Å². The number of cyclic esters (lactones) is 1. The van der Waals surface area contributed by atoms with Crippen LogP contribution < -0.4 is 0 Å². The predicted octanol–water partition coefficient (Wildman–Crippen LogP) is 1.62. The van der Waals surface area contributed by atoms with Gasteiger partial charge in [0.15, 0.2) is 0 Å². The zero-order valence-corrected chi connectivity index (χ0v) is 11.5. The largest absolute Gasteiger partial charge is 0.458 e. The van der Waals surface area contributed by atoms with E-state index in [0.29, 0.717) is 19.4 Å². The summed E-state index contributed by atoms with van der Waals surface area (Å²) in [5.41, 5.74) is 1.12. The molecule has 1 saturated carbocycles. The van der Waals surface area contributed by atoms with Crippen LogP contribution in [0.4, 0.5) is 0 Å². The fourth-order valence-corrected chi connectivity index (χ4v) is 4.57. The Morgan fingerprint density at radius 3 is 2.74 bits per heavy atom. The van der Waals surface area contributed by atoms with Crippen molar-refractivity contribution in [3.8, 4) is 0 Å². The number of ketones is 1. The summed E-state index contributed by atoms with van der Waals surface area (Å²) < 4.78 is 5.16. The van der Waals surface area contributed by atoms with Gasteiger partial charge in [0.25, 0.3) is 0 Å². The molecule has 3 unspecified atom stereocenters. The monoisotopic (exact) mass is 264 g/mol. The SMILES string of the molecule is CC1(CO)CC(=O)CC2(C)C3=C(CCC12)C(=O)OC3. The first-order valence-corrected chi connectivity index (χ1v) is 6.93. The number of fused-ring (bicyclic) bond motifs is 2. The van der Waals surface area contributed by atoms with E-state index in [-0.39, 0.29) is 35.1 Å². The summed E-state index contributed by atoms with van der Waals surface area (Å²) >= 11 is 0. The zero-order valence-electron chi connectivity index (χ0n) is 11.5. The highest BCUT2D eigenvalue weighted by Gasteiger charge is 2.56. The summed E-state index contributed by atoms with van der Waals surface area (Å²) in [6.07, 6.45) is 2.50. The molecule has 0 bridgehead atoms. The molecule has 1 N–H and O–H groups in total. The van der Waals surface area contributed by atoms with Gasteiger partial charge in [0.2, 0.25) is 0 Å². The summed E-state index contributed by atoms with van der Waals surface area (Å²) in [6.45, 7) is 4.42. The lowest BCUT2D eigenvalue weighted by molar-refractivity contribution is -0.136. The minimum atomic E-state index is -0.367. The molecule has 1 heterocycles. The quantitative estimate of drug-likeness (QED) is 0.731. The van der Waals surface area contributed by atoms with Gasteiger partial charge in [0.05, 0.1) is 0 Å². The summed E-state index contributed by atoms with van der Waals surface area (Å²) in [6, 6.07) is 0. The number of aliphatic hydroxyl groups is 1. The molecule has 3 rings (SSSR count). The van der Waals surface area contributed by atoms with Gasteiger partial charge in [-0.15, -0.1) is 0 Å². The molecule has 1 aliphatic heterocycles. The van der Waals surface area contributed by atoms with Crippen molar-refractivity contribution in [1.82, 2.24) is 0 Å². The van der Waals surface area contributed by atoms with Gasteiger partial charge in [0.1, 0.15) is 12.4 Å². The van der Waals surface area contributed by atoms with E-state index in [4.69, 9.17) is 4.74 Å². The molecule has 0 saturated heterocycles. The molecule has 0 amide bonds. The maximum Gasteiger partial charge on any atom is 0.334 e. The Balaban J connectivity index is 2.09. The lowest BCUT2D eigenvalue weighted by atomic mass is 9.50. The molecule has 4 heteroatoms. The molecule has 0 radical (unpaired) electrons. The number of aliphatic hydroxyl groups excluding tert-OH is 1. The van der Waals surface area contributed by atoms with Crippen LogP contribution in [0.5, 0.6) is 0 Å². The Kier molecular flexibility index (Phi) is 2.65. The molecule has 4 nitrogen and oxygen atoms in total. The van der Waals surface area contributed by atoms with Crippen LogP contribution in [-0.2, 0) is 14.3 Å². The molecule has 2 aliphatic carbocycles. The van der Waals surface area contributed by atoms with Crippen molar-refractivity contribution in [1.29, 1.82) is 0 Å². The molecule has 104 valence electrons. The van der Waals surface area contributed by atoms with Crippen molar-refractivity contribution in [2.24, 2.45) is 16.7 Å². The minimum absolute atomic E-state index is 0.0242. The molecule has 3 atom stereocenters. The molecular weight excluding hydrogens is 244 g/mol. The van der Waals surface area contributed by atoms with E-state index >= 15 is 0 Å². The third kappa shape index (κ3) is 1.62. The fraction of sp³-hybridized carbons (Fsp3) is 0.733. The van der Waals surface area contributed by atoms with Crippen LogP contribution in [0, 0.1) is 16.7 Å². The molecule has 0 spiro atoms. The average molecular weight is 264 g/mol. The van der Waals surface area contributed by atoms with Gasteiger partial charge in [-0.25, -0.2) is 4.79 Å². The number of hydrogen-bond acceptors (Lipinski definition) is 4. The van der Waals surface area contributed by atoms with E-state index in [1.807, 2.05) is 6.92 Å². The van der Waals surface area contributed by atoms with Gasteiger partial charge in [-0.05, 0) is 24.3 Å². The number of Topliss-reactive ketones (excluding diaryl/α,β-unsaturated/α-hetero) is 1. The topological polar surface area (TPSA) is 63.6 Å². The summed E-state index contributed by atoms with van der Waals surface area (Å²) in [5, 5.41) is 9.75. The Morgan fingerprint density at radius 2 is 2.05 bits per heavy atom. The van der Waals surface area contributed by atoms with Crippen LogP contribution in [0.2, 0.25) is 0 Å². The Morgan fingerprint density at radius 1 is 1.32 bits per heavy atom. The standard InChI is InChI=1S/C15H20O4/c1-14(8-16)5-9(17)6-15(2)11-7-19-13(18)10(11)3-4-12(14)15/h12,16H,3-8H2,1-2H3. The van der Waals surface area contributed by atoms with E-state index in [9.17, 15) is 14.7 Å². The number of ether oxygens (including phenoxy) is 1. The Labute approximate surface area is 112 Å². The first-order valence-electron chi connectivity index (χ1n) is 6.93. The van der Waals surface area contributed by atoms with Crippen molar-refractivity contribution >= 4 is 11.8 Å². The number of hydrogen-bond donors (Lipinski definition) is 1. The highest BCUT2D eigenvalue weighted by molar-refractivity contribution is 5.93. The second-order valence-corrected chi connectivity index (χ2v) is 6.75. The summed E-state index contributed by atoms with van der Waals surface area (Å²) in [5.74, 6) is 0.220. The van der Waals surface area contributed by atoms with E-state index in [0.717, 1.165) is 24.0 Å². The lowest BCUT2D eigenvalue weighted by Crippen LogP contribution is -2.51. The molecule has 0 aromatic rings. The second kappa shape index (κ2) is 3.92. The van der Waals surface area contributed by atoms with Crippen LogP contribution in [0.1, 0.15) is 39.5 Å². The average Bonchev–Trinajstić information content (AvgIpc) is 2.71. The van der Waals surface area contributed by atoms with Crippen molar-refractivity contribution in [2.75, 3.05) is 13.2 Å². The van der Waals surface area contributed by atoms with Gasteiger partial charge in [-0.1, -0.05) is 13.8 Å². The van der Waals surface area contributed by atoms with Gasteiger partial charge < -0.3 is 9.84 Å². The highest BCUT2D eigenvalue weighted by atomic mass is 16.5. The van der Waals surface area contributed by atoms with E-state index in [2.05, 4.69) is 6.92 Å².